The highest BCUT2D eigenvalue weighted by atomic mass is 32.2. The molecule has 0 saturated carbocycles. The maximum atomic E-state index is 11.9. The van der Waals surface area contributed by atoms with Crippen molar-refractivity contribution in [2.24, 2.45) is 5.73 Å². The molecule has 0 unspecified atom stereocenters. The van der Waals surface area contributed by atoms with Gasteiger partial charge in [-0.2, -0.15) is 0 Å². The number of aromatic nitrogens is 2. The van der Waals surface area contributed by atoms with Crippen LogP contribution in [0.1, 0.15) is 17.3 Å². The van der Waals surface area contributed by atoms with Crippen LogP contribution in [0.4, 0.5) is 0 Å². The van der Waals surface area contributed by atoms with Crippen LogP contribution in [0.15, 0.2) is 33.9 Å². The molecule has 7 nitrogen and oxygen atoms in total. The average Bonchev–Trinajstić information content (AvgIpc) is 2.86. The predicted molar refractivity (Wildman–Crippen MR) is 67.4 cm³/mol. The van der Waals surface area contributed by atoms with Gasteiger partial charge in [-0.3, -0.25) is 0 Å². The molecule has 102 valence electrons. The van der Waals surface area contributed by atoms with Crippen LogP contribution in [0, 0.1) is 6.92 Å². The van der Waals surface area contributed by atoms with E-state index in [9.17, 15) is 8.42 Å². The van der Waals surface area contributed by atoms with Gasteiger partial charge in [0.15, 0.2) is 0 Å². The average molecular weight is 282 g/mol. The minimum Gasteiger partial charge on any atom is -0.447 e. The van der Waals surface area contributed by atoms with Gasteiger partial charge in [-0.15, -0.1) is 0 Å². The SMILES string of the molecule is Cc1nccc(CNS(=O)(=O)c2ccc(CN)o2)n1. The van der Waals surface area contributed by atoms with Crippen molar-refractivity contribution in [2.75, 3.05) is 0 Å². The molecule has 0 bridgehead atoms. The van der Waals surface area contributed by atoms with Crippen LogP contribution in [-0.2, 0) is 23.1 Å². The van der Waals surface area contributed by atoms with Crippen LogP contribution >= 0.6 is 0 Å². The third-order valence-corrected chi connectivity index (χ3v) is 3.65. The first-order chi connectivity index (χ1) is 9.01. The fourth-order valence-corrected chi connectivity index (χ4v) is 2.40. The minimum atomic E-state index is -3.69. The summed E-state index contributed by atoms with van der Waals surface area (Å²) in [5, 5.41) is -0.154. The Bertz CT molecular complexity index is 666. The molecule has 0 fully saturated rings. The lowest BCUT2D eigenvalue weighted by molar-refractivity contribution is 0.412. The Hall–Kier alpha value is -1.77. The van der Waals surface area contributed by atoms with Gasteiger partial charge in [0.2, 0.25) is 5.09 Å². The van der Waals surface area contributed by atoms with Crippen molar-refractivity contribution in [3.8, 4) is 0 Å². The fourth-order valence-electron chi connectivity index (χ4n) is 1.46. The van der Waals surface area contributed by atoms with Crippen LogP contribution in [0.5, 0.6) is 0 Å². The number of hydrogen-bond donors (Lipinski definition) is 2. The van der Waals surface area contributed by atoms with E-state index in [1.54, 1.807) is 19.2 Å². The highest BCUT2D eigenvalue weighted by Gasteiger charge is 2.18. The van der Waals surface area contributed by atoms with Gasteiger partial charge in [-0.05, 0) is 25.1 Å². The van der Waals surface area contributed by atoms with E-state index in [1.165, 1.54) is 12.1 Å². The molecule has 0 aliphatic carbocycles. The highest BCUT2D eigenvalue weighted by Crippen LogP contribution is 2.13. The molecule has 0 amide bonds. The topological polar surface area (TPSA) is 111 Å². The van der Waals surface area contributed by atoms with Crippen LogP contribution < -0.4 is 10.5 Å². The maximum absolute atomic E-state index is 11.9. The van der Waals surface area contributed by atoms with Crippen molar-refractivity contribution in [3.63, 3.8) is 0 Å². The van der Waals surface area contributed by atoms with Gasteiger partial charge in [0, 0.05) is 6.20 Å². The first-order valence-corrected chi connectivity index (χ1v) is 7.06. The Labute approximate surface area is 110 Å². The molecule has 0 saturated heterocycles. The molecule has 2 aromatic heterocycles. The summed E-state index contributed by atoms with van der Waals surface area (Å²) >= 11 is 0. The number of rotatable bonds is 5. The Balaban J connectivity index is 2.09. The number of nitrogens with one attached hydrogen (secondary N) is 1. The zero-order valence-corrected chi connectivity index (χ0v) is 11.1. The second-order valence-electron chi connectivity index (χ2n) is 3.84. The summed E-state index contributed by atoms with van der Waals surface area (Å²) in [5.41, 5.74) is 5.95. The molecular formula is C11H14N4O3S. The van der Waals surface area contributed by atoms with Crippen molar-refractivity contribution in [2.45, 2.75) is 25.1 Å². The molecule has 0 atom stereocenters. The summed E-state index contributed by atoms with van der Waals surface area (Å²) in [7, 11) is -3.69. The second kappa shape index (κ2) is 5.47. The lowest BCUT2D eigenvalue weighted by Crippen LogP contribution is -2.23. The predicted octanol–water partition coefficient (Wildman–Crippen LogP) is 0.315. The standard InChI is InChI=1S/C11H14N4O3S/c1-8-13-5-4-9(15-8)7-14-19(16,17)11-3-2-10(6-12)18-11/h2-5,14H,6-7,12H2,1H3. The fraction of sp³-hybridized carbons (Fsp3) is 0.273. The highest BCUT2D eigenvalue weighted by molar-refractivity contribution is 7.89. The van der Waals surface area contributed by atoms with E-state index in [-0.39, 0.29) is 18.2 Å². The van der Waals surface area contributed by atoms with Gasteiger partial charge in [0.25, 0.3) is 10.0 Å². The molecular weight excluding hydrogens is 268 g/mol. The van der Waals surface area contributed by atoms with Crippen molar-refractivity contribution in [3.05, 3.63) is 41.7 Å². The Morgan fingerprint density at radius 1 is 1.37 bits per heavy atom. The van der Waals surface area contributed by atoms with Crippen LogP contribution in [0.3, 0.4) is 0 Å². The van der Waals surface area contributed by atoms with E-state index in [1.807, 2.05) is 0 Å². The van der Waals surface area contributed by atoms with E-state index in [0.29, 0.717) is 17.3 Å². The van der Waals surface area contributed by atoms with Crippen molar-refractivity contribution in [1.82, 2.24) is 14.7 Å². The first-order valence-electron chi connectivity index (χ1n) is 5.58. The molecule has 0 spiro atoms. The smallest absolute Gasteiger partial charge is 0.274 e. The lowest BCUT2D eigenvalue weighted by atomic mass is 10.4. The zero-order chi connectivity index (χ0) is 13.9. The number of nitrogens with zero attached hydrogens (tertiary/aromatic N) is 2. The quantitative estimate of drug-likeness (QED) is 0.816. The Morgan fingerprint density at radius 2 is 2.16 bits per heavy atom. The molecule has 0 radical (unpaired) electrons. The van der Waals surface area contributed by atoms with E-state index >= 15 is 0 Å². The second-order valence-corrected chi connectivity index (χ2v) is 5.54. The normalized spacial score (nSPS) is 11.7. The number of hydrogen-bond acceptors (Lipinski definition) is 6. The minimum absolute atomic E-state index is 0.0738. The van der Waals surface area contributed by atoms with Gasteiger partial charge >= 0.3 is 0 Å². The molecule has 19 heavy (non-hydrogen) atoms. The van der Waals surface area contributed by atoms with E-state index in [0.717, 1.165) is 0 Å². The molecule has 3 N–H and O–H groups in total. The number of sulfonamides is 1. The van der Waals surface area contributed by atoms with Crippen molar-refractivity contribution < 1.29 is 12.8 Å². The molecule has 0 aliphatic heterocycles. The van der Waals surface area contributed by atoms with Crippen molar-refractivity contribution in [1.29, 1.82) is 0 Å². The van der Waals surface area contributed by atoms with Gasteiger partial charge in [0.05, 0.1) is 18.8 Å². The number of nitrogens with two attached hydrogens (primary N) is 1. The number of aryl methyl sites for hydroxylation is 1. The molecule has 0 aromatic carbocycles. The van der Waals surface area contributed by atoms with Crippen LogP contribution in [0.25, 0.3) is 0 Å². The Kier molecular flexibility index (Phi) is 3.93. The third kappa shape index (κ3) is 3.37. The van der Waals surface area contributed by atoms with E-state index in [4.69, 9.17) is 10.2 Å². The molecule has 2 aromatic rings. The molecule has 8 heteroatoms. The lowest BCUT2D eigenvalue weighted by Gasteiger charge is -2.04. The monoisotopic (exact) mass is 282 g/mol. The van der Waals surface area contributed by atoms with Crippen LogP contribution in [-0.4, -0.2) is 18.4 Å². The molecule has 0 aliphatic rings. The third-order valence-electron chi connectivity index (χ3n) is 2.38. The Morgan fingerprint density at radius 3 is 2.79 bits per heavy atom. The maximum Gasteiger partial charge on any atom is 0.274 e. The summed E-state index contributed by atoms with van der Waals surface area (Å²) < 4.78 is 31.4. The van der Waals surface area contributed by atoms with E-state index < -0.39 is 10.0 Å². The summed E-state index contributed by atoms with van der Waals surface area (Å²) in [6, 6.07) is 4.54. The summed E-state index contributed by atoms with van der Waals surface area (Å²) in [5.74, 6) is 0.998. The van der Waals surface area contributed by atoms with Gasteiger partial charge in [0.1, 0.15) is 11.6 Å². The molecule has 2 heterocycles. The summed E-state index contributed by atoms with van der Waals surface area (Å²) in [6.45, 7) is 1.96. The van der Waals surface area contributed by atoms with Gasteiger partial charge in [-0.1, -0.05) is 0 Å². The zero-order valence-electron chi connectivity index (χ0n) is 10.3. The largest absolute Gasteiger partial charge is 0.447 e. The van der Waals surface area contributed by atoms with E-state index in [2.05, 4.69) is 14.7 Å². The summed E-state index contributed by atoms with van der Waals surface area (Å²) in [4.78, 5) is 8.04. The van der Waals surface area contributed by atoms with Gasteiger partial charge < -0.3 is 10.2 Å². The first kappa shape index (κ1) is 13.7. The molecule has 2 rings (SSSR count). The van der Waals surface area contributed by atoms with Crippen LogP contribution in [0.2, 0.25) is 0 Å². The summed E-state index contributed by atoms with van der Waals surface area (Å²) in [6.07, 6.45) is 1.57. The van der Waals surface area contributed by atoms with Gasteiger partial charge in [-0.25, -0.2) is 23.1 Å². The number of furan rings is 1. The van der Waals surface area contributed by atoms with Crippen molar-refractivity contribution >= 4 is 10.0 Å².